The van der Waals surface area contributed by atoms with E-state index in [2.05, 4.69) is 0 Å². The lowest BCUT2D eigenvalue weighted by Crippen LogP contribution is -2.38. The molecule has 0 saturated heterocycles. The van der Waals surface area contributed by atoms with Crippen molar-refractivity contribution in [1.82, 2.24) is 4.31 Å². The van der Waals surface area contributed by atoms with E-state index in [9.17, 15) is 8.42 Å². The molecule has 0 N–H and O–H groups in total. The van der Waals surface area contributed by atoms with Crippen molar-refractivity contribution in [2.45, 2.75) is 24.3 Å². The summed E-state index contributed by atoms with van der Waals surface area (Å²) < 4.78 is 38.2. The minimum absolute atomic E-state index is 0.265. The summed E-state index contributed by atoms with van der Waals surface area (Å²) in [5, 5.41) is 0. The number of methoxy groups -OCH3 is 2. The molecular formula is C18H21NO4S. The average molecular weight is 347 g/mol. The first kappa shape index (κ1) is 16.8. The minimum atomic E-state index is -3.53. The van der Waals surface area contributed by atoms with Gasteiger partial charge in [-0.25, -0.2) is 8.42 Å². The highest BCUT2D eigenvalue weighted by Crippen LogP contribution is 2.39. The highest BCUT2D eigenvalue weighted by atomic mass is 32.2. The van der Waals surface area contributed by atoms with Crippen molar-refractivity contribution < 1.29 is 17.9 Å². The second kappa shape index (κ2) is 6.45. The summed E-state index contributed by atoms with van der Waals surface area (Å²) >= 11 is 0. The van der Waals surface area contributed by atoms with Gasteiger partial charge in [-0.3, -0.25) is 0 Å². The van der Waals surface area contributed by atoms with E-state index in [1.54, 1.807) is 42.8 Å². The predicted octanol–water partition coefficient (Wildman–Crippen LogP) is 3.01. The van der Waals surface area contributed by atoms with Gasteiger partial charge in [0.1, 0.15) is 0 Å². The molecule has 0 aliphatic carbocycles. The van der Waals surface area contributed by atoms with Crippen LogP contribution in [0.15, 0.2) is 47.4 Å². The van der Waals surface area contributed by atoms with Gasteiger partial charge < -0.3 is 9.47 Å². The zero-order valence-corrected chi connectivity index (χ0v) is 14.8. The largest absolute Gasteiger partial charge is 0.493 e. The van der Waals surface area contributed by atoms with Crippen LogP contribution < -0.4 is 9.47 Å². The molecule has 0 fully saturated rings. The van der Waals surface area contributed by atoms with Gasteiger partial charge >= 0.3 is 0 Å². The van der Waals surface area contributed by atoms with Gasteiger partial charge in [-0.15, -0.1) is 0 Å². The normalized spacial score (nSPS) is 18.0. The number of hydrogen-bond donors (Lipinski definition) is 0. The summed E-state index contributed by atoms with van der Waals surface area (Å²) in [6, 6.07) is 12.1. The number of ether oxygens (including phenoxy) is 2. The second-order valence-electron chi connectivity index (χ2n) is 5.76. The summed E-state index contributed by atoms with van der Waals surface area (Å²) in [5.41, 5.74) is 2.05. The van der Waals surface area contributed by atoms with Crippen molar-refractivity contribution in [1.29, 1.82) is 0 Å². The van der Waals surface area contributed by atoms with Gasteiger partial charge in [0.25, 0.3) is 0 Å². The van der Waals surface area contributed by atoms with Crippen molar-refractivity contribution in [2.75, 3.05) is 20.8 Å². The Kier molecular flexibility index (Phi) is 4.51. The molecule has 0 saturated carbocycles. The summed E-state index contributed by atoms with van der Waals surface area (Å²) in [6.07, 6.45) is 0.645. The zero-order chi connectivity index (χ0) is 17.3. The van der Waals surface area contributed by atoms with Crippen LogP contribution in [0, 0.1) is 0 Å². The Morgan fingerprint density at radius 1 is 1.04 bits per heavy atom. The molecule has 0 spiro atoms. The number of benzene rings is 2. The third kappa shape index (κ3) is 2.76. The maximum absolute atomic E-state index is 13.0. The van der Waals surface area contributed by atoms with Gasteiger partial charge in [-0.2, -0.15) is 4.31 Å². The molecule has 1 aliphatic rings. The minimum Gasteiger partial charge on any atom is -0.493 e. The lowest BCUT2D eigenvalue weighted by molar-refractivity contribution is 0.319. The van der Waals surface area contributed by atoms with Crippen LogP contribution in [-0.4, -0.2) is 33.5 Å². The molecule has 0 unspecified atom stereocenters. The SMILES string of the molecule is COc1cc2c(cc1OC)[C@H](C)N(S(=O)(=O)c1ccccc1)CC2. The van der Waals surface area contributed by atoms with Gasteiger partial charge in [-0.1, -0.05) is 18.2 Å². The van der Waals surface area contributed by atoms with Crippen LogP contribution in [0.4, 0.5) is 0 Å². The molecule has 0 radical (unpaired) electrons. The van der Waals surface area contributed by atoms with E-state index in [-0.39, 0.29) is 6.04 Å². The van der Waals surface area contributed by atoms with Crippen molar-refractivity contribution in [3.63, 3.8) is 0 Å². The zero-order valence-electron chi connectivity index (χ0n) is 14.0. The first-order chi connectivity index (χ1) is 11.5. The third-order valence-electron chi connectivity index (χ3n) is 4.48. The number of fused-ring (bicyclic) bond motifs is 1. The number of sulfonamides is 1. The fraction of sp³-hybridized carbons (Fsp3) is 0.333. The lowest BCUT2D eigenvalue weighted by Gasteiger charge is -2.34. The van der Waals surface area contributed by atoms with Crippen molar-refractivity contribution in [3.05, 3.63) is 53.6 Å². The highest BCUT2D eigenvalue weighted by Gasteiger charge is 2.34. The van der Waals surface area contributed by atoms with E-state index >= 15 is 0 Å². The van der Waals surface area contributed by atoms with Crippen LogP contribution in [0.1, 0.15) is 24.1 Å². The molecule has 1 heterocycles. The maximum Gasteiger partial charge on any atom is 0.243 e. The molecule has 2 aromatic carbocycles. The molecule has 3 rings (SSSR count). The molecule has 0 bridgehead atoms. The molecule has 1 atom stereocenters. The van der Waals surface area contributed by atoms with Gasteiger partial charge in [0, 0.05) is 12.6 Å². The topological polar surface area (TPSA) is 55.8 Å². The molecular weight excluding hydrogens is 326 g/mol. The number of nitrogens with zero attached hydrogens (tertiary/aromatic N) is 1. The van der Waals surface area contributed by atoms with Gasteiger partial charge in [0.15, 0.2) is 11.5 Å². The molecule has 5 nitrogen and oxygen atoms in total. The molecule has 0 aromatic heterocycles. The Hall–Kier alpha value is -2.05. The Bertz CT molecular complexity index is 834. The van der Waals surface area contributed by atoms with Gasteiger partial charge in [0.05, 0.1) is 19.1 Å². The lowest BCUT2D eigenvalue weighted by atomic mass is 9.94. The monoisotopic (exact) mass is 347 g/mol. The Labute approximate surface area is 142 Å². The van der Waals surface area contributed by atoms with Crippen LogP contribution in [-0.2, 0) is 16.4 Å². The van der Waals surface area contributed by atoms with Crippen molar-refractivity contribution >= 4 is 10.0 Å². The van der Waals surface area contributed by atoms with Crippen LogP contribution in [0.3, 0.4) is 0 Å². The fourth-order valence-electron chi connectivity index (χ4n) is 3.18. The first-order valence-electron chi connectivity index (χ1n) is 7.80. The van der Waals surface area contributed by atoms with E-state index in [0.717, 1.165) is 11.1 Å². The quantitative estimate of drug-likeness (QED) is 0.853. The number of rotatable bonds is 4. The molecule has 1 aliphatic heterocycles. The fourth-order valence-corrected chi connectivity index (χ4v) is 4.81. The maximum atomic E-state index is 13.0. The first-order valence-corrected chi connectivity index (χ1v) is 9.24. The van der Waals surface area contributed by atoms with Crippen LogP contribution in [0.2, 0.25) is 0 Å². The molecule has 128 valence electrons. The van der Waals surface area contributed by atoms with Gasteiger partial charge in [-0.05, 0) is 48.7 Å². The summed E-state index contributed by atoms with van der Waals surface area (Å²) in [7, 11) is -0.348. The van der Waals surface area contributed by atoms with E-state index < -0.39 is 10.0 Å². The van der Waals surface area contributed by atoms with Crippen molar-refractivity contribution in [2.24, 2.45) is 0 Å². The smallest absolute Gasteiger partial charge is 0.243 e. The summed E-state index contributed by atoms with van der Waals surface area (Å²) in [6.45, 7) is 2.35. The Balaban J connectivity index is 2.02. The Morgan fingerprint density at radius 2 is 1.67 bits per heavy atom. The average Bonchev–Trinajstić information content (AvgIpc) is 2.61. The highest BCUT2D eigenvalue weighted by molar-refractivity contribution is 7.89. The summed E-state index contributed by atoms with van der Waals surface area (Å²) in [5.74, 6) is 1.28. The van der Waals surface area contributed by atoms with Gasteiger partial charge in [0.2, 0.25) is 10.0 Å². The van der Waals surface area contributed by atoms with E-state index in [4.69, 9.17) is 9.47 Å². The molecule has 24 heavy (non-hydrogen) atoms. The predicted molar refractivity (Wildman–Crippen MR) is 92.0 cm³/mol. The van der Waals surface area contributed by atoms with Crippen LogP contribution >= 0.6 is 0 Å². The van der Waals surface area contributed by atoms with E-state index in [1.165, 1.54) is 0 Å². The number of hydrogen-bond acceptors (Lipinski definition) is 4. The third-order valence-corrected chi connectivity index (χ3v) is 6.46. The standard InChI is InChI=1S/C18H21NO4S/c1-13-16-12-18(23-3)17(22-2)11-14(16)9-10-19(13)24(20,21)15-7-5-4-6-8-15/h4-8,11-13H,9-10H2,1-3H3/t13-/m0/s1. The van der Waals surface area contributed by atoms with Crippen molar-refractivity contribution in [3.8, 4) is 11.5 Å². The molecule has 6 heteroatoms. The Morgan fingerprint density at radius 3 is 2.29 bits per heavy atom. The van der Waals surface area contributed by atoms with Crippen LogP contribution in [0.5, 0.6) is 11.5 Å². The molecule has 0 amide bonds. The second-order valence-corrected chi connectivity index (χ2v) is 7.65. The van der Waals surface area contributed by atoms with Crippen LogP contribution in [0.25, 0.3) is 0 Å². The molecule has 2 aromatic rings. The summed E-state index contributed by atoms with van der Waals surface area (Å²) in [4.78, 5) is 0.320. The van der Waals surface area contributed by atoms with E-state index in [1.807, 2.05) is 25.1 Å². The van der Waals surface area contributed by atoms with E-state index in [0.29, 0.717) is 29.4 Å².